The molecule has 0 saturated carbocycles. The van der Waals surface area contributed by atoms with Gasteiger partial charge in [-0.2, -0.15) is 0 Å². The lowest BCUT2D eigenvalue weighted by atomic mass is 10.9. The molecule has 0 aromatic carbocycles. The molecule has 0 aliphatic carbocycles. The molecule has 0 saturated heterocycles. The molecule has 8 heavy (non-hydrogen) atoms. The van der Waals surface area contributed by atoms with E-state index in [1.165, 1.54) is 0 Å². The molecule has 0 heterocycles. The molecule has 0 amide bonds. The minimum Gasteiger partial charge on any atom is -0.305 e. The van der Waals surface area contributed by atoms with Crippen molar-refractivity contribution in [2.75, 3.05) is 12.5 Å². The summed E-state index contributed by atoms with van der Waals surface area (Å²) in [6, 6.07) is 0. The Morgan fingerprint density at radius 1 is 1.50 bits per heavy atom. The molecule has 0 radical (unpaired) electrons. The van der Waals surface area contributed by atoms with Crippen LogP contribution in [0.2, 0.25) is 0 Å². The van der Waals surface area contributed by atoms with E-state index in [2.05, 4.69) is 4.52 Å². The fourth-order valence-corrected chi connectivity index (χ4v) is 1.04. The lowest BCUT2D eigenvalue weighted by Gasteiger charge is -1.98. The first-order valence-corrected chi connectivity index (χ1v) is 5.73. The van der Waals surface area contributed by atoms with E-state index >= 15 is 0 Å². The third-order valence-electron chi connectivity index (χ3n) is 0.319. The lowest BCUT2D eigenvalue weighted by molar-refractivity contribution is 0.358. The van der Waals surface area contributed by atoms with Crippen molar-refractivity contribution >= 4 is 40.2 Å². The Labute approximate surface area is 62.1 Å². The van der Waals surface area contributed by atoms with Crippen LogP contribution in [0.5, 0.6) is 0 Å². The Balaban J connectivity index is 3.26. The Kier molecular flexibility index (Phi) is 4.50. The van der Waals surface area contributed by atoms with Gasteiger partial charge < -0.3 is 4.52 Å². The Bertz CT molecular complexity index is 99.5. The zero-order valence-electron chi connectivity index (χ0n) is 3.81. The molecule has 2 nitrogen and oxygen atoms in total. The third kappa shape index (κ3) is 7.06. The van der Waals surface area contributed by atoms with Gasteiger partial charge in [0.25, 0.3) is 0 Å². The van der Waals surface area contributed by atoms with E-state index in [9.17, 15) is 4.57 Å². The first-order valence-electron chi connectivity index (χ1n) is 1.76. The normalized spacial score (nSPS) is 11.9. The smallest absolute Gasteiger partial charge is 0.305 e. The monoisotopic (exact) mass is 196 g/mol. The van der Waals surface area contributed by atoms with Crippen molar-refractivity contribution in [3.05, 3.63) is 0 Å². The summed E-state index contributed by atoms with van der Waals surface area (Å²) >= 11 is 15.0. The molecule has 50 valence electrons. The maximum Gasteiger partial charge on any atom is 0.380 e. The van der Waals surface area contributed by atoms with Crippen LogP contribution in [0.15, 0.2) is 0 Å². The molecule has 0 atom stereocenters. The van der Waals surface area contributed by atoms with Gasteiger partial charge in [0.1, 0.15) is 0 Å². The van der Waals surface area contributed by atoms with Gasteiger partial charge >= 0.3 is 6.07 Å². The molecular weight excluding hydrogens is 193 g/mol. The second-order valence-corrected chi connectivity index (χ2v) is 5.59. The standard InChI is InChI=1S/C2H4Cl3O2P/c3-1-2-7-8(4,5)6/h1-2H2. The fourth-order valence-electron chi connectivity index (χ4n) is 0.141. The van der Waals surface area contributed by atoms with Crippen molar-refractivity contribution in [1.29, 1.82) is 0 Å². The van der Waals surface area contributed by atoms with Gasteiger partial charge in [-0.05, 0) is 22.5 Å². The molecule has 6 heteroatoms. The first-order chi connectivity index (χ1) is 3.56. The minimum absolute atomic E-state index is 0.117. The van der Waals surface area contributed by atoms with Crippen molar-refractivity contribution < 1.29 is 9.09 Å². The molecule has 0 spiro atoms. The summed E-state index contributed by atoms with van der Waals surface area (Å²) in [7, 11) is 0. The largest absolute Gasteiger partial charge is 0.380 e. The molecule has 0 aromatic rings. The quantitative estimate of drug-likeness (QED) is 0.514. The van der Waals surface area contributed by atoms with Crippen LogP contribution < -0.4 is 0 Å². The lowest BCUT2D eigenvalue weighted by Crippen LogP contribution is -1.85. The number of hydrogen-bond acceptors (Lipinski definition) is 2. The van der Waals surface area contributed by atoms with Crippen LogP contribution >= 0.6 is 40.2 Å². The summed E-state index contributed by atoms with van der Waals surface area (Å²) in [4.78, 5) is 0. The Hall–Kier alpha value is 1.06. The van der Waals surface area contributed by atoms with Gasteiger partial charge in [0.15, 0.2) is 0 Å². The topological polar surface area (TPSA) is 26.3 Å². The number of rotatable bonds is 3. The highest BCUT2D eigenvalue weighted by Crippen LogP contribution is 2.57. The fraction of sp³-hybridized carbons (Fsp3) is 1.00. The van der Waals surface area contributed by atoms with Crippen LogP contribution in [0.25, 0.3) is 0 Å². The summed E-state index contributed by atoms with van der Waals surface area (Å²) in [5, 5.41) is 0. The number of alkyl halides is 1. The van der Waals surface area contributed by atoms with Crippen LogP contribution in [-0.4, -0.2) is 12.5 Å². The number of halogens is 3. The van der Waals surface area contributed by atoms with Crippen molar-refractivity contribution in [1.82, 2.24) is 0 Å². The molecule has 0 aliphatic heterocycles. The highest BCUT2D eigenvalue weighted by atomic mass is 35.9. The Morgan fingerprint density at radius 3 is 2.12 bits per heavy atom. The second-order valence-electron chi connectivity index (χ2n) is 0.937. The van der Waals surface area contributed by atoms with E-state index in [1.54, 1.807) is 0 Å². The van der Waals surface area contributed by atoms with Crippen molar-refractivity contribution in [3.8, 4) is 0 Å². The molecule has 0 aromatic heterocycles. The first kappa shape index (κ1) is 9.06. The molecule has 0 fully saturated rings. The molecule has 0 rings (SSSR count). The van der Waals surface area contributed by atoms with Gasteiger partial charge in [-0.3, -0.25) is 4.57 Å². The summed E-state index contributed by atoms with van der Waals surface area (Å²) in [6.07, 6.45) is -3.32. The maximum atomic E-state index is 10.2. The van der Waals surface area contributed by atoms with Crippen LogP contribution in [-0.2, 0) is 9.09 Å². The molecule has 0 aliphatic rings. The van der Waals surface area contributed by atoms with E-state index in [4.69, 9.17) is 34.1 Å². The van der Waals surface area contributed by atoms with E-state index in [0.717, 1.165) is 0 Å². The van der Waals surface area contributed by atoms with E-state index in [0.29, 0.717) is 0 Å². The van der Waals surface area contributed by atoms with Crippen molar-refractivity contribution in [2.24, 2.45) is 0 Å². The zero-order chi connectivity index (χ0) is 6.62. The van der Waals surface area contributed by atoms with Gasteiger partial charge in [0.05, 0.1) is 6.61 Å². The average molecular weight is 197 g/mol. The summed E-state index contributed by atoms with van der Waals surface area (Å²) in [5.41, 5.74) is 0. The van der Waals surface area contributed by atoms with Crippen molar-refractivity contribution in [2.45, 2.75) is 0 Å². The van der Waals surface area contributed by atoms with Gasteiger partial charge in [0.2, 0.25) is 0 Å². The summed E-state index contributed by atoms with van der Waals surface area (Å²) in [6.45, 7) is 0.117. The van der Waals surface area contributed by atoms with Crippen LogP contribution in [0.3, 0.4) is 0 Å². The third-order valence-corrected chi connectivity index (χ3v) is 1.54. The molecular formula is C2H4Cl3O2P. The van der Waals surface area contributed by atoms with E-state index in [1.807, 2.05) is 0 Å². The average Bonchev–Trinajstić information content (AvgIpc) is 1.59. The summed E-state index contributed by atoms with van der Waals surface area (Å²) in [5.74, 6) is 0.240. The minimum atomic E-state index is -3.32. The molecule has 0 N–H and O–H groups in total. The van der Waals surface area contributed by atoms with Gasteiger partial charge in [-0.15, -0.1) is 11.6 Å². The highest BCUT2D eigenvalue weighted by Gasteiger charge is 2.12. The van der Waals surface area contributed by atoms with Gasteiger partial charge in [0, 0.05) is 5.88 Å². The second kappa shape index (κ2) is 3.97. The van der Waals surface area contributed by atoms with E-state index < -0.39 is 6.07 Å². The van der Waals surface area contributed by atoms with Crippen LogP contribution in [0.4, 0.5) is 0 Å². The maximum absolute atomic E-state index is 10.2. The SMILES string of the molecule is O=P(Cl)(Cl)OCCCl. The van der Waals surface area contributed by atoms with Crippen LogP contribution in [0.1, 0.15) is 0 Å². The highest BCUT2D eigenvalue weighted by molar-refractivity contribution is 8.05. The summed E-state index contributed by atoms with van der Waals surface area (Å²) < 4.78 is 14.6. The van der Waals surface area contributed by atoms with Crippen molar-refractivity contribution in [3.63, 3.8) is 0 Å². The predicted octanol–water partition coefficient (Wildman–Crippen LogP) is 2.83. The van der Waals surface area contributed by atoms with E-state index in [-0.39, 0.29) is 12.5 Å². The zero-order valence-corrected chi connectivity index (χ0v) is 6.97. The van der Waals surface area contributed by atoms with Gasteiger partial charge in [-0.1, -0.05) is 0 Å². The number of hydrogen-bond donors (Lipinski definition) is 0. The Morgan fingerprint density at radius 2 is 2.00 bits per heavy atom. The predicted molar refractivity (Wildman–Crippen MR) is 36.0 cm³/mol. The van der Waals surface area contributed by atoms with Gasteiger partial charge in [-0.25, -0.2) is 0 Å². The van der Waals surface area contributed by atoms with Crippen LogP contribution in [0, 0.1) is 0 Å². The molecule has 0 bridgehead atoms. The molecule has 0 unspecified atom stereocenters.